The predicted octanol–water partition coefficient (Wildman–Crippen LogP) is 8.66. The third kappa shape index (κ3) is 3.50. The van der Waals surface area contributed by atoms with Gasteiger partial charge in [-0.3, -0.25) is 0 Å². The Kier molecular flexibility index (Phi) is 5.04. The van der Waals surface area contributed by atoms with Crippen LogP contribution in [0.4, 0.5) is 0 Å². The molecule has 0 atom stereocenters. The minimum absolute atomic E-state index is 0.970. The first-order valence-electron chi connectivity index (χ1n) is 11.9. The first kappa shape index (κ1) is 20.5. The number of nitrogens with zero attached hydrogens (tertiary/aromatic N) is 1. The molecule has 0 radical (unpaired) electrons. The fourth-order valence-electron chi connectivity index (χ4n) is 5.05. The topological polar surface area (TPSA) is 4.93 Å². The molecule has 0 unspecified atom stereocenters. The average Bonchev–Trinajstić information content (AvgIpc) is 3.21. The number of hydrogen-bond acceptors (Lipinski definition) is 0. The molecule has 0 aliphatic rings. The molecule has 0 fully saturated rings. The highest BCUT2D eigenvalue weighted by molar-refractivity contribution is 6.10. The summed E-state index contributed by atoms with van der Waals surface area (Å²) < 4.78 is 2.36. The Morgan fingerprint density at radius 3 is 2.09 bits per heavy atom. The van der Waals surface area contributed by atoms with E-state index in [0.29, 0.717) is 0 Å². The Balaban J connectivity index is 1.40. The monoisotopic (exact) mass is 437 g/mol. The van der Waals surface area contributed by atoms with Crippen molar-refractivity contribution in [2.45, 2.75) is 20.3 Å². The Morgan fingerprint density at radius 1 is 0.559 bits per heavy atom. The number of hydrogen-bond donors (Lipinski definition) is 0. The van der Waals surface area contributed by atoms with Gasteiger partial charge in [-0.15, -0.1) is 0 Å². The van der Waals surface area contributed by atoms with E-state index in [4.69, 9.17) is 0 Å². The fourth-order valence-corrected chi connectivity index (χ4v) is 5.05. The van der Waals surface area contributed by atoms with Crippen LogP contribution in [0.15, 0.2) is 115 Å². The molecule has 0 saturated carbocycles. The Bertz CT molecular complexity index is 1620. The van der Waals surface area contributed by atoms with Crippen LogP contribution in [0.1, 0.15) is 22.3 Å². The summed E-state index contributed by atoms with van der Waals surface area (Å²) in [5.74, 6) is 0. The van der Waals surface area contributed by atoms with E-state index in [1.807, 2.05) is 0 Å². The zero-order valence-electron chi connectivity index (χ0n) is 19.6. The lowest BCUT2D eigenvalue weighted by atomic mass is 9.96. The SMILES string of the molecule is Cc1cccc(Cc2ccc(-c3ccc4c(c3)c3ccccc3n4-c3ccccc3)cc2)c1C. The van der Waals surface area contributed by atoms with Gasteiger partial charge >= 0.3 is 0 Å². The maximum Gasteiger partial charge on any atom is 0.0541 e. The molecular weight excluding hydrogens is 410 g/mol. The van der Waals surface area contributed by atoms with Gasteiger partial charge in [-0.2, -0.15) is 0 Å². The van der Waals surface area contributed by atoms with Crippen LogP contribution < -0.4 is 0 Å². The highest BCUT2D eigenvalue weighted by Crippen LogP contribution is 2.35. The lowest BCUT2D eigenvalue weighted by Crippen LogP contribution is -1.94. The van der Waals surface area contributed by atoms with Crippen LogP contribution in [0.2, 0.25) is 0 Å². The number of rotatable bonds is 4. The molecule has 0 spiro atoms. The Labute approximate surface area is 200 Å². The second kappa shape index (κ2) is 8.35. The molecule has 164 valence electrons. The molecule has 6 aromatic rings. The summed E-state index contributed by atoms with van der Waals surface area (Å²) in [6, 6.07) is 41.8. The highest BCUT2D eigenvalue weighted by Gasteiger charge is 2.13. The molecule has 0 aliphatic heterocycles. The third-order valence-corrected chi connectivity index (χ3v) is 7.09. The van der Waals surface area contributed by atoms with E-state index in [-0.39, 0.29) is 0 Å². The van der Waals surface area contributed by atoms with Crippen LogP contribution in [0.5, 0.6) is 0 Å². The van der Waals surface area contributed by atoms with Gasteiger partial charge in [0.2, 0.25) is 0 Å². The van der Waals surface area contributed by atoms with Crippen LogP contribution >= 0.6 is 0 Å². The van der Waals surface area contributed by atoms with Crippen molar-refractivity contribution in [1.29, 1.82) is 0 Å². The first-order chi connectivity index (χ1) is 16.7. The van der Waals surface area contributed by atoms with Crippen LogP contribution in [-0.2, 0) is 6.42 Å². The van der Waals surface area contributed by atoms with Gasteiger partial charge in [0.1, 0.15) is 0 Å². The van der Waals surface area contributed by atoms with Gasteiger partial charge in [0.05, 0.1) is 11.0 Å². The van der Waals surface area contributed by atoms with Gasteiger partial charge in [-0.05, 0) is 84.0 Å². The minimum atomic E-state index is 0.970. The standard InChI is InChI=1S/C33H27N/c1-23-9-8-10-27(24(23)2)21-25-15-17-26(18-16-25)28-19-20-33-31(22-28)30-13-6-7-14-32(30)34(33)29-11-4-3-5-12-29/h3-20,22H,21H2,1-2H3. The van der Waals surface area contributed by atoms with Crippen LogP contribution in [0.25, 0.3) is 38.6 Å². The zero-order chi connectivity index (χ0) is 23.1. The molecule has 6 rings (SSSR count). The molecule has 1 nitrogen and oxygen atoms in total. The maximum atomic E-state index is 2.36. The molecule has 0 N–H and O–H groups in total. The smallest absolute Gasteiger partial charge is 0.0541 e. The quantitative estimate of drug-likeness (QED) is 0.260. The van der Waals surface area contributed by atoms with Crippen LogP contribution in [0.3, 0.4) is 0 Å². The van der Waals surface area contributed by atoms with Gasteiger partial charge in [0.25, 0.3) is 0 Å². The zero-order valence-corrected chi connectivity index (χ0v) is 19.6. The van der Waals surface area contributed by atoms with Gasteiger partial charge < -0.3 is 4.57 Å². The second-order valence-electron chi connectivity index (χ2n) is 9.15. The number of aryl methyl sites for hydroxylation is 1. The molecule has 0 bridgehead atoms. The van der Waals surface area contributed by atoms with Crippen molar-refractivity contribution >= 4 is 21.8 Å². The van der Waals surface area contributed by atoms with E-state index in [2.05, 4.69) is 134 Å². The molecule has 0 saturated heterocycles. The molecule has 34 heavy (non-hydrogen) atoms. The summed E-state index contributed by atoms with van der Waals surface area (Å²) in [6.07, 6.45) is 0.970. The number of para-hydroxylation sites is 2. The lowest BCUT2D eigenvalue weighted by Gasteiger charge is -2.10. The van der Waals surface area contributed by atoms with Crippen molar-refractivity contribution in [2.24, 2.45) is 0 Å². The van der Waals surface area contributed by atoms with Crippen molar-refractivity contribution in [3.63, 3.8) is 0 Å². The molecular formula is C33H27N. The summed E-state index contributed by atoms with van der Waals surface area (Å²) in [6.45, 7) is 4.41. The minimum Gasteiger partial charge on any atom is -0.309 e. The average molecular weight is 438 g/mol. The largest absolute Gasteiger partial charge is 0.309 e. The van der Waals surface area contributed by atoms with Crippen molar-refractivity contribution in [2.75, 3.05) is 0 Å². The van der Waals surface area contributed by atoms with Crippen molar-refractivity contribution < 1.29 is 0 Å². The normalized spacial score (nSPS) is 11.4. The molecule has 0 amide bonds. The van der Waals surface area contributed by atoms with E-state index >= 15 is 0 Å². The van der Waals surface area contributed by atoms with Gasteiger partial charge in [-0.25, -0.2) is 0 Å². The third-order valence-electron chi connectivity index (χ3n) is 7.09. The van der Waals surface area contributed by atoms with E-state index in [1.54, 1.807) is 0 Å². The van der Waals surface area contributed by atoms with E-state index in [9.17, 15) is 0 Å². The number of fused-ring (bicyclic) bond motifs is 3. The van der Waals surface area contributed by atoms with Gasteiger partial charge in [-0.1, -0.05) is 84.9 Å². The van der Waals surface area contributed by atoms with E-state index < -0.39 is 0 Å². The highest BCUT2D eigenvalue weighted by atomic mass is 15.0. The molecule has 0 aliphatic carbocycles. The Morgan fingerprint density at radius 2 is 1.26 bits per heavy atom. The van der Waals surface area contributed by atoms with E-state index in [0.717, 1.165) is 6.42 Å². The first-order valence-corrected chi connectivity index (χ1v) is 11.9. The van der Waals surface area contributed by atoms with Gasteiger partial charge in [0.15, 0.2) is 0 Å². The maximum absolute atomic E-state index is 2.36. The van der Waals surface area contributed by atoms with Crippen molar-refractivity contribution in [3.05, 3.63) is 138 Å². The molecule has 1 aromatic heterocycles. The summed E-state index contributed by atoms with van der Waals surface area (Å²) in [5.41, 5.74) is 11.7. The number of benzene rings is 5. The lowest BCUT2D eigenvalue weighted by molar-refractivity contribution is 1.14. The fraction of sp³-hybridized carbons (Fsp3) is 0.0909. The molecule has 1 heterocycles. The Hall–Kier alpha value is -4.10. The van der Waals surface area contributed by atoms with Crippen molar-refractivity contribution in [1.82, 2.24) is 4.57 Å². The summed E-state index contributed by atoms with van der Waals surface area (Å²) in [4.78, 5) is 0. The molecule has 1 heteroatoms. The van der Waals surface area contributed by atoms with E-state index in [1.165, 1.54) is 60.9 Å². The molecule has 5 aromatic carbocycles. The summed E-state index contributed by atoms with van der Waals surface area (Å²) in [7, 11) is 0. The predicted molar refractivity (Wildman–Crippen MR) is 145 cm³/mol. The number of aromatic nitrogens is 1. The van der Waals surface area contributed by atoms with Crippen LogP contribution in [0, 0.1) is 13.8 Å². The van der Waals surface area contributed by atoms with Gasteiger partial charge in [0, 0.05) is 16.5 Å². The van der Waals surface area contributed by atoms with Crippen LogP contribution in [-0.4, -0.2) is 4.57 Å². The van der Waals surface area contributed by atoms with Crippen molar-refractivity contribution in [3.8, 4) is 16.8 Å². The summed E-state index contributed by atoms with van der Waals surface area (Å²) in [5, 5.41) is 2.58. The summed E-state index contributed by atoms with van der Waals surface area (Å²) >= 11 is 0. The second-order valence-corrected chi connectivity index (χ2v) is 9.15.